The van der Waals surface area contributed by atoms with Crippen molar-refractivity contribution in [3.8, 4) is 0 Å². The van der Waals surface area contributed by atoms with Crippen molar-refractivity contribution in [2.75, 3.05) is 5.75 Å². The van der Waals surface area contributed by atoms with Gasteiger partial charge >= 0.3 is 5.97 Å². The van der Waals surface area contributed by atoms with Crippen molar-refractivity contribution in [1.29, 1.82) is 0 Å². The SMILES string of the molecule is CC(CCCSc1ncn[nH]1)(NC1CC1)C(=O)O. The summed E-state index contributed by atoms with van der Waals surface area (Å²) in [6.07, 6.45) is 5.11. The molecule has 18 heavy (non-hydrogen) atoms. The molecular formula is C11H18N4O2S. The Bertz CT molecular complexity index is 394. The van der Waals surface area contributed by atoms with E-state index in [4.69, 9.17) is 0 Å². The topological polar surface area (TPSA) is 90.9 Å². The Hall–Kier alpha value is -1.08. The third-order valence-corrected chi connectivity index (χ3v) is 3.99. The van der Waals surface area contributed by atoms with Gasteiger partial charge in [0.05, 0.1) is 0 Å². The van der Waals surface area contributed by atoms with Crippen LogP contribution in [0.5, 0.6) is 0 Å². The van der Waals surface area contributed by atoms with Crippen molar-refractivity contribution >= 4 is 17.7 Å². The minimum atomic E-state index is -0.802. The molecule has 0 bridgehead atoms. The van der Waals surface area contributed by atoms with Gasteiger partial charge in [0.1, 0.15) is 11.9 Å². The van der Waals surface area contributed by atoms with E-state index in [2.05, 4.69) is 20.5 Å². The molecule has 1 heterocycles. The molecule has 3 N–H and O–H groups in total. The van der Waals surface area contributed by atoms with E-state index in [1.807, 2.05) is 0 Å². The van der Waals surface area contributed by atoms with Gasteiger partial charge in [0.25, 0.3) is 0 Å². The first-order valence-electron chi connectivity index (χ1n) is 6.09. The lowest BCUT2D eigenvalue weighted by atomic mass is 9.96. The first-order chi connectivity index (χ1) is 8.60. The summed E-state index contributed by atoms with van der Waals surface area (Å²) < 4.78 is 0. The number of hydrogen-bond donors (Lipinski definition) is 3. The number of aromatic nitrogens is 3. The molecule has 1 fully saturated rings. The Morgan fingerprint density at radius 2 is 2.50 bits per heavy atom. The molecule has 1 aromatic rings. The van der Waals surface area contributed by atoms with Crippen LogP contribution in [0.1, 0.15) is 32.6 Å². The molecule has 0 aliphatic heterocycles. The molecule has 2 rings (SSSR count). The maximum Gasteiger partial charge on any atom is 0.323 e. The fraction of sp³-hybridized carbons (Fsp3) is 0.727. The summed E-state index contributed by atoms with van der Waals surface area (Å²) in [7, 11) is 0. The second-order valence-electron chi connectivity index (χ2n) is 4.80. The summed E-state index contributed by atoms with van der Waals surface area (Å²) in [4.78, 5) is 15.3. The second kappa shape index (κ2) is 5.71. The van der Waals surface area contributed by atoms with Crippen LogP contribution in [0.2, 0.25) is 0 Å². The highest BCUT2D eigenvalue weighted by atomic mass is 32.2. The summed E-state index contributed by atoms with van der Waals surface area (Å²) in [6, 6.07) is 0.396. The Kier molecular flexibility index (Phi) is 4.23. The number of aliphatic carboxylic acids is 1. The molecule has 7 heteroatoms. The van der Waals surface area contributed by atoms with E-state index in [-0.39, 0.29) is 0 Å². The van der Waals surface area contributed by atoms with Gasteiger partial charge in [-0.2, -0.15) is 5.10 Å². The van der Waals surface area contributed by atoms with Crippen molar-refractivity contribution < 1.29 is 9.90 Å². The molecule has 1 unspecified atom stereocenters. The van der Waals surface area contributed by atoms with Gasteiger partial charge in [-0.3, -0.25) is 15.2 Å². The summed E-state index contributed by atoms with van der Waals surface area (Å²) in [5.74, 6) is 0.0730. The van der Waals surface area contributed by atoms with Crippen molar-refractivity contribution in [2.24, 2.45) is 0 Å². The number of aromatic amines is 1. The van der Waals surface area contributed by atoms with Crippen LogP contribution >= 0.6 is 11.8 Å². The van der Waals surface area contributed by atoms with Gasteiger partial charge in [-0.1, -0.05) is 11.8 Å². The van der Waals surface area contributed by atoms with Crippen LogP contribution in [0.25, 0.3) is 0 Å². The number of hydrogen-bond acceptors (Lipinski definition) is 5. The first kappa shape index (κ1) is 13.4. The molecule has 0 aromatic carbocycles. The van der Waals surface area contributed by atoms with Crippen LogP contribution in [0.15, 0.2) is 11.5 Å². The van der Waals surface area contributed by atoms with Crippen LogP contribution in [0.4, 0.5) is 0 Å². The summed E-state index contributed by atoms with van der Waals surface area (Å²) in [5.41, 5.74) is -0.802. The van der Waals surface area contributed by atoms with E-state index in [9.17, 15) is 9.90 Å². The van der Waals surface area contributed by atoms with E-state index in [1.165, 1.54) is 6.33 Å². The lowest BCUT2D eigenvalue weighted by Gasteiger charge is -2.26. The average Bonchev–Trinajstić information content (AvgIpc) is 2.97. The van der Waals surface area contributed by atoms with Gasteiger partial charge in [0.15, 0.2) is 5.16 Å². The van der Waals surface area contributed by atoms with Gasteiger partial charge in [0.2, 0.25) is 0 Å². The number of nitrogens with zero attached hydrogens (tertiary/aromatic N) is 2. The fourth-order valence-corrected chi connectivity index (χ4v) is 2.50. The number of carbonyl (C=O) groups is 1. The van der Waals surface area contributed by atoms with Gasteiger partial charge < -0.3 is 5.11 Å². The maximum absolute atomic E-state index is 11.3. The number of thioether (sulfide) groups is 1. The van der Waals surface area contributed by atoms with Crippen molar-refractivity contribution in [2.45, 2.75) is 49.3 Å². The number of H-pyrrole nitrogens is 1. The minimum Gasteiger partial charge on any atom is -0.480 e. The van der Waals surface area contributed by atoms with Crippen molar-refractivity contribution in [1.82, 2.24) is 20.5 Å². The first-order valence-corrected chi connectivity index (χ1v) is 7.08. The summed E-state index contributed by atoms with van der Waals surface area (Å²) in [6.45, 7) is 1.77. The standard InChI is InChI=1S/C11H18N4O2S/c1-11(9(16)17,14-8-3-4-8)5-2-6-18-10-12-7-13-15-10/h7-8,14H,2-6H2,1H3,(H,16,17)(H,12,13,15). The lowest BCUT2D eigenvalue weighted by Crippen LogP contribution is -2.50. The molecule has 0 amide bonds. The van der Waals surface area contributed by atoms with Crippen molar-refractivity contribution in [3.05, 3.63) is 6.33 Å². The monoisotopic (exact) mass is 270 g/mol. The third-order valence-electron chi connectivity index (χ3n) is 3.02. The fourth-order valence-electron chi connectivity index (χ4n) is 1.78. The second-order valence-corrected chi connectivity index (χ2v) is 5.88. The number of carboxylic acids is 1. The zero-order chi connectivity index (χ0) is 13.0. The smallest absolute Gasteiger partial charge is 0.323 e. The molecule has 1 aliphatic carbocycles. The van der Waals surface area contributed by atoms with Gasteiger partial charge in [-0.05, 0) is 32.6 Å². The minimum absolute atomic E-state index is 0.396. The normalized spacial score (nSPS) is 18.5. The zero-order valence-electron chi connectivity index (χ0n) is 10.3. The van der Waals surface area contributed by atoms with E-state index < -0.39 is 11.5 Å². The molecule has 6 nitrogen and oxygen atoms in total. The number of carboxylic acid groups (broad SMARTS) is 1. The van der Waals surface area contributed by atoms with Crippen LogP contribution in [-0.4, -0.2) is 43.6 Å². The Balaban J connectivity index is 1.73. The van der Waals surface area contributed by atoms with Crippen LogP contribution in [0.3, 0.4) is 0 Å². The van der Waals surface area contributed by atoms with Crippen LogP contribution in [0, 0.1) is 0 Å². The number of nitrogens with one attached hydrogen (secondary N) is 2. The highest BCUT2D eigenvalue weighted by Crippen LogP contribution is 2.26. The van der Waals surface area contributed by atoms with E-state index in [0.29, 0.717) is 12.5 Å². The highest BCUT2D eigenvalue weighted by molar-refractivity contribution is 7.99. The third kappa shape index (κ3) is 3.71. The largest absolute Gasteiger partial charge is 0.480 e. The Morgan fingerprint density at radius 3 is 3.06 bits per heavy atom. The molecule has 0 saturated heterocycles. The summed E-state index contributed by atoms with van der Waals surface area (Å²) >= 11 is 1.56. The molecule has 1 atom stereocenters. The molecular weight excluding hydrogens is 252 g/mol. The Labute approximate surface area is 110 Å². The van der Waals surface area contributed by atoms with E-state index in [0.717, 1.165) is 30.2 Å². The zero-order valence-corrected chi connectivity index (χ0v) is 11.2. The van der Waals surface area contributed by atoms with Gasteiger partial charge in [-0.15, -0.1) is 0 Å². The highest BCUT2D eigenvalue weighted by Gasteiger charge is 2.37. The van der Waals surface area contributed by atoms with Crippen molar-refractivity contribution in [3.63, 3.8) is 0 Å². The molecule has 1 aliphatic rings. The predicted octanol–water partition coefficient (Wildman–Crippen LogP) is 1.27. The van der Waals surface area contributed by atoms with E-state index >= 15 is 0 Å². The van der Waals surface area contributed by atoms with Crippen LogP contribution < -0.4 is 5.32 Å². The molecule has 0 spiro atoms. The van der Waals surface area contributed by atoms with E-state index in [1.54, 1.807) is 18.7 Å². The maximum atomic E-state index is 11.3. The van der Waals surface area contributed by atoms with Gasteiger partial charge in [-0.25, -0.2) is 4.98 Å². The molecule has 1 aromatic heterocycles. The lowest BCUT2D eigenvalue weighted by molar-refractivity contribution is -0.144. The summed E-state index contributed by atoms with van der Waals surface area (Å²) in [5, 5.41) is 19.8. The molecule has 100 valence electrons. The molecule has 0 radical (unpaired) electrons. The predicted molar refractivity (Wildman–Crippen MR) is 68.5 cm³/mol. The molecule has 1 saturated carbocycles. The Morgan fingerprint density at radius 1 is 1.72 bits per heavy atom. The van der Waals surface area contributed by atoms with Crippen LogP contribution in [-0.2, 0) is 4.79 Å². The number of rotatable bonds is 8. The average molecular weight is 270 g/mol. The van der Waals surface area contributed by atoms with Gasteiger partial charge in [0, 0.05) is 11.8 Å². The quantitative estimate of drug-likeness (QED) is 0.487.